The second kappa shape index (κ2) is 7.47. The van der Waals surface area contributed by atoms with Crippen molar-refractivity contribution in [2.75, 3.05) is 6.61 Å². The van der Waals surface area contributed by atoms with Crippen LogP contribution in [0.25, 0.3) is 0 Å². The van der Waals surface area contributed by atoms with E-state index in [2.05, 4.69) is 37.3 Å². The van der Waals surface area contributed by atoms with Gasteiger partial charge in [0.1, 0.15) is 0 Å². The highest BCUT2D eigenvalue weighted by molar-refractivity contribution is 5.15. The van der Waals surface area contributed by atoms with Crippen molar-refractivity contribution in [2.45, 2.75) is 39.0 Å². The van der Waals surface area contributed by atoms with E-state index in [9.17, 15) is 0 Å². The van der Waals surface area contributed by atoms with Crippen LogP contribution < -0.4 is 0 Å². The summed E-state index contributed by atoms with van der Waals surface area (Å²) in [5, 5.41) is 9.01. The van der Waals surface area contributed by atoms with Crippen LogP contribution in [-0.4, -0.2) is 11.7 Å². The van der Waals surface area contributed by atoms with E-state index in [0.717, 1.165) is 12.8 Å². The molecule has 1 rings (SSSR count). The van der Waals surface area contributed by atoms with Gasteiger partial charge in [-0.15, -0.1) is 0 Å². The zero-order valence-electron chi connectivity index (χ0n) is 9.65. The summed E-state index contributed by atoms with van der Waals surface area (Å²) in [6.45, 7) is 2.54. The normalized spacial score (nSPS) is 12.7. The van der Waals surface area contributed by atoms with Crippen molar-refractivity contribution < 1.29 is 5.11 Å². The fourth-order valence-corrected chi connectivity index (χ4v) is 1.97. The van der Waals surface area contributed by atoms with E-state index < -0.39 is 0 Å². The van der Waals surface area contributed by atoms with Crippen molar-refractivity contribution in [2.24, 2.45) is 5.92 Å². The Labute approximate surface area is 93.1 Å². The lowest BCUT2D eigenvalue weighted by molar-refractivity contribution is 0.249. The Balaban J connectivity index is 2.43. The largest absolute Gasteiger partial charge is 0.396 e. The minimum Gasteiger partial charge on any atom is -0.396 e. The molecular formula is C14H22O. The first-order valence-electron chi connectivity index (χ1n) is 6.01. The smallest absolute Gasteiger partial charge is 0.0433 e. The van der Waals surface area contributed by atoms with E-state index in [1.54, 1.807) is 0 Å². The molecule has 0 aromatic heterocycles. The van der Waals surface area contributed by atoms with Crippen LogP contribution in [0.1, 0.15) is 38.2 Å². The third kappa shape index (κ3) is 4.98. The van der Waals surface area contributed by atoms with Gasteiger partial charge in [-0.05, 0) is 24.3 Å². The predicted molar refractivity (Wildman–Crippen MR) is 64.9 cm³/mol. The van der Waals surface area contributed by atoms with Gasteiger partial charge < -0.3 is 5.11 Å². The number of hydrogen-bond donors (Lipinski definition) is 1. The number of benzene rings is 1. The van der Waals surface area contributed by atoms with Crippen LogP contribution in [0.15, 0.2) is 30.3 Å². The molecule has 84 valence electrons. The first kappa shape index (κ1) is 12.3. The van der Waals surface area contributed by atoms with Crippen LogP contribution in [0.2, 0.25) is 0 Å². The summed E-state index contributed by atoms with van der Waals surface area (Å²) >= 11 is 0. The van der Waals surface area contributed by atoms with Gasteiger partial charge in [0.05, 0.1) is 0 Å². The summed E-state index contributed by atoms with van der Waals surface area (Å²) in [4.78, 5) is 0. The van der Waals surface area contributed by atoms with Gasteiger partial charge in [0, 0.05) is 6.61 Å². The van der Waals surface area contributed by atoms with Gasteiger partial charge in [-0.3, -0.25) is 0 Å². The fraction of sp³-hybridized carbons (Fsp3) is 0.571. The molecule has 0 aliphatic rings. The molecule has 1 aromatic carbocycles. The van der Waals surface area contributed by atoms with Crippen LogP contribution in [-0.2, 0) is 6.42 Å². The summed E-state index contributed by atoms with van der Waals surface area (Å²) in [5.74, 6) is 0.650. The molecule has 15 heavy (non-hydrogen) atoms. The molecule has 0 saturated carbocycles. The molecule has 0 radical (unpaired) electrons. The molecule has 1 nitrogen and oxygen atoms in total. The van der Waals surface area contributed by atoms with E-state index in [1.165, 1.54) is 24.8 Å². The summed E-state index contributed by atoms with van der Waals surface area (Å²) < 4.78 is 0. The zero-order valence-corrected chi connectivity index (χ0v) is 9.65. The quantitative estimate of drug-likeness (QED) is 0.724. The second-order valence-corrected chi connectivity index (χ2v) is 4.21. The maximum Gasteiger partial charge on any atom is 0.0433 e. The van der Waals surface area contributed by atoms with Crippen LogP contribution in [0.3, 0.4) is 0 Å². The lowest BCUT2D eigenvalue weighted by atomic mass is 9.92. The molecule has 0 fully saturated rings. The molecule has 0 bridgehead atoms. The van der Waals surface area contributed by atoms with E-state index in [0.29, 0.717) is 12.5 Å². The predicted octanol–water partition coefficient (Wildman–Crippen LogP) is 3.42. The molecular weight excluding hydrogens is 184 g/mol. The Kier molecular flexibility index (Phi) is 6.10. The molecule has 1 atom stereocenters. The average Bonchev–Trinajstić information content (AvgIpc) is 2.28. The number of unbranched alkanes of at least 4 members (excludes halogenated alkanes) is 1. The van der Waals surface area contributed by atoms with Crippen molar-refractivity contribution in [1.29, 1.82) is 0 Å². The molecule has 0 spiro atoms. The maximum atomic E-state index is 9.01. The van der Waals surface area contributed by atoms with Gasteiger partial charge in [0.2, 0.25) is 0 Å². The summed E-state index contributed by atoms with van der Waals surface area (Å²) in [5.41, 5.74) is 1.40. The first-order valence-corrected chi connectivity index (χ1v) is 6.01. The highest BCUT2D eigenvalue weighted by Gasteiger charge is 2.08. The van der Waals surface area contributed by atoms with E-state index in [-0.39, 0.29) is 0 Å². The molecule has 1 aromatic rings. The minimum absolute atomic E-state index is 0.321. The number of aliphatic hydroxyl groups is 1. The second-order valence-electron chi connectivity index (χ2n) is 4.21. The van der Waals surface area contributed by atoms with Gasteiger partial charge in [-0.25, -0.2) is 0 Å². The third-order valence-electron chi connectivity index (χ3n) is 2.87. The lowest BCUT2D eigenvalue weighted by Gasteiger charge is -2.15. The van der Waals surface area contributed by atoms with Crippen molar-refractivity contribution in [3.8, 4) is 0 Å². The van der Waals surface area contributed by atoms with Crippen molar-refractivity contribution in [1.82, 2.24) is 0 Å². The van der Waals surface area contributed by atoms with Crippen LogP contribution in [0.4, 0.5) is 0 Å². The van der Waals surface area contributed by atoms with Crippen molar-refractivity contribution in [3.05, 3.63) is 35.9 Å². The molecule has 0 aliphatic carbocycles. The highest BCUT2D eigenvalue weighted by Crippen LogP contribution is 2.18. The van der Waals surface area contributed by atoms with Gasteiger partial charge in [0.25, 0.3) is 0 Å². The topological polar surface area (TPSA) is 20.2 Å². The summed E-state index contributed by atoms with van der Waals surface area (Å²) in [7, 11) is 0. The Morgan fingerprint density at radius 1 is 1.13 bits per heavy atom. The highest BCUT2D eigenvalue weighted by atomic mass is 16.3. The number of rotatable bonds is 7. The Hall–Kier alpha value is -0.820. The Bertz CT molecular complexity index is 243. The summed E-state index contributed by atoms with van der Waals surface area (Å²) in [6, 6.07) is 10.6. The zero-order chi connectivity index (χ0) is 10.9. The molecule has 0 unspecified atom stereocenters. The molecule has 0 heterocycles. The van der Waals surface area contributed by atoms with Crippen LogP contribution >= 0.6 is 0 Å². The van der Waals surface area contributed by atoms with Crippen LogP contribution in [0.5, 0.6) is 0 Å². The lowest BCUT2D eigenvalue weighted by Crippen LogP contribution is -2.07. The van der Waals surface area contributed by atoms with Gasteiger partial charge in [-0.1, -0.05) is 56.5 Å². The number of aliphatic hydroxyl groups excluding tert-OH is 1. The molecule has 1 heteroatoms. The van der Waals surface area contributed by atoms with Gasteiger partial charge >= 0.3 is 0 Å². The first-order chi connectivity index (χ1) is 7.36. The maximum absolute atomic E-state index is 9.01. The fourth-order valence-electron chi connectivity index (χ4n) is 1.97. The summed E-state index contributed by atoms with van der Waals surface area (Å²) in [6.07, 6.45) is 5.82. The van der Waals surface area contributed by atoms with E-state index in [4.69, 9.17) is 5.11 Å². The third-order valence-corrected chi connectivity index (χ3v) is 2.87. The Morgan fingerprint density at radius 2 is 1.87 bits per heavy atom. The number of hydrogen-bond acceptors (Lipinski definition) is 1. The van der Waals surface area contributed by atoms with E-state index >= 15 is 0 Å². The SMILES string of the molecule is CCCC[C@H](CCO)Cc1ccccc1. The Morgan fingerprint density at radius 3 is 2.47 bits per heavy atom. The molecule has 0 amide bonds. The van der Waals surface area contributed by atoms with Gasteiger partial charge in [-0.2, -0.15) is 0 Å². The van der Waals surface area contributed by atoms with Crippen molar-refractivity contribution >= 4 is 0 Å². The molecule has 1 N–H and O–H groups in total. The monoisotopic (exact) mass is 206 g/mol. The molecule has 0 saturated heterocycles. The average molecular weight is 206 g/mol. The van der Waals surface area contributed by atoms with Crippen molar-refractivity contribution in [3.63, 3.8) is 0 Å². The van der Waals surface area contributed by atoms with Gasteiger partial charge in [0.15, 0.2) is 0 Å². The molecule has 0 aliphatic heterocycles. The van der Waals surface area contributed by atoms with Crippen LogP contribution in [0, 0.1) is 5.92 Å². The standard InChI is InChI=1S/C14H22O/c1-2-3-7-14(10-11-15)12-13-8-5-4-6-9-13/h4-6,8-9,14-15H,2-3,7,10-12H2,1H3/t14-/m1/s1. The minimum atomic E-state index is 0.321. The van der Waals surface area contributed by atoms with E-state index in [1.807, 2.05) is 0 Å².